The van der Waals surface area contributed by atoms with Crippen LogP contribution in [0.5, 0.6) is 0 Å². The number of nitrogens with one attached hydrogen (secondary N) is 1. The Labute approximate surface area is 135 Å². The van der Waals surface area contributed by atoms with E-state index in [1.807, 2.05) is 7.05 Å². The molecule has 0 saturated carbocycles. The summed E-state index contributed by atoms with van der Waals surface area (Å²) in [6.45, 7) is 5.52. The van der Waals surface area contributed by atoms with Crippen LogP contribution < -0.4 is 10.2 Å². The van der Waals surface area contributed by atoms with E-state index in [0.717, 1.165) is 37.9 Å². The Morgan fingerprint density at radius 1 is 1.23 bits per heavy atom. The molecule has 0 spiro atoms. The second-order valence-electron chi connectivity index (χ2n) is 6.45. The van der Waals surface area contributed by atoms with Gasteiger partial charge in [-0.3, -0.25) is 4.99 Å². The fourth-order valence-corrected chi connectivity index (χ4v) is 2.83. The fourth-order valence-electron chi connectivity index (χ4n) is 2.83. The SMILES string of the molecule is CN=C(NCCc1ccc(N(C)C)cc1)N1CCC(C)CC1. The second-order valence-corrected chi connectivity index (χ2v) is 6.45. The van der Waals surface area contributed by atoms with Gasteiger partial charge >= 0.3 is 0 Å². The number of hydrogen-bond donors (Lipinski definition) is 1. The van der Waals surface area contributed by atoms with Gasteiger partial charge in [-0.15, -0.1) is 0 Å². The topological polar surface area (TPSA) is 30.9 Å². The molecule has 1 aliphatic rings. The van der Waals surface area contributed by atoms with Crippen LogP contribution in [0.25, 0.3) is 0 Å². The van der Waals surface area contributed by atoms with Gasteiger partial charge in [0.05, 0.1) is 0 Å². The first-order valence-electron chi connectivity index (χ1n) is 8.32. The van der Waals surface area contributed by atoms with E-state index in [9.17, 15) is 0 Å². The minimum atomic E-state index is 0.851. The predicted molar refractivity (Wildman–Crippen MR) is 95.8 cm³/mol. The highest BCUT2D eigenvalue weighted by Crippen LogP contribution is 2.16. The molecule has 4 heteroatoms. The molecule has 0 aliphatic carbocycles. The third kappa shape index (κ3) is 4.65. The van der Waals surface area contributed by atoms with Crippen LogP contribution >= 0.6 is 0 Å². The van der Waals surface area contributed by atoms with Crippen molar-refractivity contribution < 1.29 is 0 Å². The van der Waals surface area contributed by atoms with Crippen molar-refractivity contribution in [2.45, 2.75) is 26.2 Å². The zero-order valence-electron chi connectivity index (χ0n) is 14.5. The number of piperidine rings is 1. The van der Waals surface area contributed by atoms with Crippen LogP contribution in [0.15, 0.2) is 29.3 Å². The predicted octanol–water partition coefficient (Wildman–Crippen LogP) is 2.60. The van der Waals surface area contributed by atoms with Gasteiger partial charge in [-0.25, -0.2) is 0 Å². The molecule has 0 bridgehead atoms. The van der Waals surface area contributed by atoms with Crippen LogP contribution in [-0.4, -0.2) is 51.6 Å². The lowest BCUT2D eigenvalue weighted by molar-refractivity contribution is 0.273. The molecule has 22 heavy (non-hydrogen) atoms. The Bertz CT molecular complexity index is 470. The fraction of sp³-hybridized carbons (Fsp3) is 0.611. The van der Waals surface area contributed by atoms with Gasteiger partial charge in [0.25, 0.3) is 0 Å². The number of hydrogen-bond acceptors (Lipinski definition) is 2. The molecule has 122 valence electrons. The maximum atomic E-state index is 4.43. The van der Waals surface area contributed by atoms with Crippen molar-refractivity contribution in [3.63, 3.8) is 0 Å². The summed E-state index contributed by atoms with van der Waals surface area (Å²) < 4.78 is 0. The van der Waals surface area contributed by atoms with Crippen molar-refractivity contribution in [3.05, 3.63) is 29.8 Å². The average molecular weight is 302 g/mol. The summed E-state index contributed by atoms with van der Waals surface area (Å²) in [4.78, 5) is 8.94. The first-order valence-corrected chi connectivity index (χ1v) is 8.32. The molecule has 0 atom stereocenters. The number of likely N-dealkylation sites (tertiary alicyclic amines) is 1. The summed E-state index contributed by atoms with van der Waals surface area (Å²) in [5.74, 6) is 1.90. The molecule has 1 aromatic rings. The van der Waals surface area contributed by atoms with Gasteiger partial charge in [0, 0.05) is 46.5 Å². The maximum absolute atomic E-state index is 4.43. The van der Waals surface area contributed by atoms with Crippen molar-refractivity contribution >= 4 is 11.6 Å². The molecule has 2 rings (SSSR count). The standard InChI is InChI=1S/C18H30N4/c1-15-10-13-22(14-11-15)18(19-2)20-12-9-16-5-7-17(8-6-16)21(3)4/h5-8,15H,9-14H2,1-4H3,(H,19,20). The van der Waals surface area contributed by atoms with Crippen LogP contribution in [0.2, 0.25) is 0 Å². The van der Waals surface area contributed by atoms with Gasteiger partial charge in [-0.1, -0.05) is 19.1 Å². The number of anilines is 1. The lowest BCUT2D eigenvalue weighted by atomic mass is 10.00. The second kappa shape index (κ2) is 8.06. The third-order valence-corrected chi connectivity index (χ3v) is 4.44. The first-order chi connectivity index (χ1) is 10.6. The smallest absolute Gasteiger partial charge is 0.193 e. The first kappa shape index (κ1) is 16.7. The normalized spacial score (nSPS) is 16.7. The Morgan fingerprint density at radius 2 is 1.86 bits per heavy atom. The largest absolute Gasteiger partial charge is 0.378 e. The van der Waals surface area contributed by atoms with Gasteiger partial charge in [-0.2, -0.15) is 0 Å². The monoisotopic (exact) mass is 302 g/mol. The van der Waals surface area contributed by atoms with E-state index in [4.69, 9.17) is 0 Å². The zero-order valence-corrected chi connectivity index (χ0v) is 14.5. The molecule has 1 saturated heterocycles. The molecule has 1 fully saturated rings. The van der Waals surface area contributed by atoms with Crippen molar-refractivity contribution in [3.8, 4) is 0 Å². The Hall–Kier alpha value is -1.71. The summed E-state index contributed by atoms with van der Waals surface area (Å²) in [7, 11) is 6.02. The third-order valence-electron chi connectivity index (χ3n) is 4.44. The van der Waals surface area contributed by atoms with E-state index < -0.39 is 0 Å². The molecule has 4 nitrogen and oxygen atoms in total. The molecular formula is C18H30N4. The van der Waals surface area contributed by atoms with E-state index in [1.54, 1.807) is 0 Å². The molecule has 0 amide bonds. The molecule has 0 unspecified atom stereocenters. The number of aliphatic imine (C=N–C) groups is 1. The van der Waals surface area contributed by atoms with E-state index in [-0.39, 0.29) is 0 Å². The van der Waals surface area contributed by atoms with Crippen molar-refractivity contribution in [2.24, 2.45) is 10.9 Å². The van der Waals surface area contributed by atoms with E-state index in [2.05, 4.69) is 65.4 Å². The number of nitrogens with zero attached hydrogens (tertiary/aromatic N) is 3. The maximum Gasteiger partial charge on any atom is 0.193 e. The lowest BCUT2D eigenvalue weighted by Crippen LogP contribution is -2.45. The summed E-state index contributed by atoms with van der Waals surface area (Å²) in [6, 6.07) is 8.77. The van der Waals surface area contributed by atoms with Crippen molar-refractivity contribution in [1.29, 1.82) is 0 Å². The average Bonchev–Trinajstić information content (AvgIpc) is 2.53. The zero-order chi connectivity index (χ0) is 15.9. The highest BCUT2D eigenvalue weighted by Gasteiger charge is 2.18. The van der Waals surface area contributed by atoms with Gasteiger partial charge in [0.1, 0.15) is 0 Å². The summed E-state index contributed by atoms with van der Waals surface area (Å²) in [6.07, 6.45) is 3.57. The number of guanidine groups is 1. The summed E-state index contributed by atoms with van der Waals surface area (Å²) in [5.41, 5.74) is 2.61. The quantitative estimate of drug-likeness (QED) is 0.685. The Morgan fingerprint density at radius 3 is 2.41 bits per heavy atom. The highest BCUT2D eigenvalue weighted by atomic mass is 15.3. The van der Waals surface area contributed by atoms with Crippen molar-refractivity contribution in [1.82, 2.24) is 10.2 Å². The summed E-state index contributed by atoms with van der Waals surface area (Å²) in [5, 5.41) is 3.51. The van der Waals surface area contributed by atoms with E-state index in [1.165, 1.54) is 24.1 Å². The van der Waals surface area contributed by atoms with Gasteiger partial charge in [-0.05, 0) is 42.9 Å². The van der Waals surface area contributed by atoms with Crippen molar-refractivity contribution in [2.75, 3.05) is 45.7 Å². The van der Waals surface area contributed by atoms with Gasteiger partial charge in [0.2, 0.25) is 0 Å². The van der Waals surface area contributed by atoms with Crippen LogP contribution in [0, 0.1) is 5.92 Å². The van der Waals surface area contributed by atoms with Gasteiger partial charge < -0.3 is 15.1 Å². The van der Waals surface area contributed by atoms with E-state index in [0.29, 0.717) is 0 Å². The van der Waals surface area contributed by atoms with Crippen LogP contribution in [0.3, 0.4) is 0 Å². The molecule has 1 heterocycles. The minimum Gasteiger partial charge on any atom is -0.378 e. The highest BCUT2D eigenvalue weighted by molar-refractivity contribution is 5.79. The molecule has 1 aliphatic heterocycles. The molecule has 1 N–H and O–H groups in total. The minimum absolute atomic E-state index is 0.851. The molecule has 0 radical (unpaired) electrons. The molecular weight excluding hydrogens is 272 g/mol. The molecule has 1 aromatic carbocycles. The van der Waals surface area contributed by atoms with Crippen LogP contribution in [0.1, 0.15) is 25.3 Å². The van der Waals surface area contributed by atoms with Gasteiger partial charge in [0.15, 0.2) is 5.96 Å². The number of rotatable bonds is 4. The summed E-state index contributed by atoms with van der Waals surface area (Å²) >= 11 is 0. The molecule has 0 aromatic heterocycles. The van der Waals surface area contributed by atoms with E-state index >= 15 is 0 Å². The van der Waals surface area contributed by atoms with Crippen LogP contribution in [0.4, 0.5) is 5.69 Å². The number of benzene rings is 1. The Balaban J connectivity index is 1.79. The lowest BCUT2D eigenvalue weighted by Gasteiger charge is -2.32. The van der Waals surface area contributed by atoms with Crippen LogP contribution in [-0.2, 0) is 6.42 Å². The Kier molecular flexibility index (Phi) is 6.10.